The van der Waals surface area contributed by atoms with E-state index in [1.807, 2.05) is 0 Å². The standard InChI is InChI=1S/C24H28F6N4O7S/c1-33(10-24(28,29)30)21(38)20(23(39)2-4-40-5-3-23)42-22-19(37)17(18(36)15(9-35)41-22)34-8-14(31-32-34)11-6-12(25)16(27)13(26)7-11/h6-8,15,17-20,22,35-37,39H,2-5,9-10H2,1H3/t15-,17+,18+,19-,20-,22+/m1/s1. The Hall–Kier alpha value is -2.48. The van der Waals surface area contributed by atoms with Gasteiger partial charge >= 0.3 is 6.18 Å². The molecule has 2 fully saturated rings. The maximum Gasteiger partial charge on any atom is 0.406 e. The van der Waals surface area contributed by atoms with Crippen LogP contribution in [0.5, 0.6) is 0 Å². The number of ether oxygens (including phenoxy) is 2. The third-order valence-electron chi connectivity index (χ3n) is 7.08. The zero-order valence-corrected chi connectivity index (χ0v) is 22.7. The molecule has 1 amide bonds. The van der Waals surface area contributed by atoms with Crippen molar-refractivity contribution < 1.29 is 61.0 Å². The average molecular weight is 631 g/mol. The highest BCUT2D eigenvalue weighted by Crippen LogP contribution is 2.42. The summed E-state index contributed by atoms with van der Waals surface area (Å²) < 4.78 is 91.9. The summed E-state index contributed by atoms with van der Waals surface area (Å²) in [7, 11) is 0.908. The van der Waals surface area contributed by atoms with Gasteiger partial charge in [0.05, 0.1) is 18.4 Å². The summed E-state index contributed by atoms with van der Waals surface area (Å²) in [5.74, 6) is -5.81. The number of hydrogen-bond donors (Lipinski definition) is 4. The summed E-state index contributed by atoms with van der Waals surface area (Å²) in [5, 5.41) is 49.2. The van der Waals surface area contributed by atoms with E-state index in [-0.39, 0.29) is 37.3 Å². The summed E-state index contributed by atoms with van der Waals surface area (Å²) in [6.45, 7) is -2.41. The van der Waals surface area contributed by atoms with Crippen LogP contribution in [0.4, 0.5) is 26.3 Å². The highest BCUT2D eigenvalue weighted by atomic mass is 32.2. The van der Waals surface area contributed by atoms with Gasteiger partial charge in [-0.2, -0.15) is 13.2 Å². The summed E-state index contributed by atoms with van der Waals surface area (Å²) in [6.07, 6.45) is -8.73. The van der Waals surface area contributed by atoms with E-state index in [1.165, 1.54) is 0 Å². The van der Waals surface area contributed by atoms with Crippen LogP contribution in [0.1, 0.15) is 18.9 Å². The van der Waals surface area contributed by atoms with Crippen molar-refractivity contribution in [3.05, 3.63) is 35.8 Å². The number of amides is 1. The zero-order valence-electron chi connectivity index (χ0n) is 21.9. The van der Waals surface area contributed by atoms with Crippen LogP contribution < -0.4 is 0 Å². The number of carbonyl (C=O) groups is 1. The van der Waals surface area contributed by atoms with Crippen LogP contribution in [0.3, 0.4) is 0 Å². The van der Waals surface area contributed by atoms with Gasteiger partial charge in [0, 0.05) is 38.7 Å². The van der Waals surface area contributed by atoms with Crippen LogP contribution >= 0.6 is 11.8 Å². The summed E-state index contributed by atoms with van der Waals surface area (Å²) in [4.78, 5) is 13.7. The molecule has 3 heterocycles. The van der Waals surface area contributed by atoms with E-state index in [0.717, 1.165) is 17.9 Å². The fourth-order valence-corrected chi connectivity index (χ4v) is 6.42. The van der Waals surface area contributed by atoms with Gasteiger partial charge in [-0.15, -0.1) is 16.9 Å². The predicted molar refractivity (Wildman–Crippen MR) is 132 cm³/mol. The smallest absolute Gasteiger partial charge is 0.394 e. The Morgan fingerprint density at radius 2 is 1.81 bits per heavy atom. The van der Waals surface area contributed by atoms with Crippen molar-refractivity contribution in [1.29, 1.82) is 0 Å². The van der Waals surface area contributed by atoms with Crippen molar-refractivity contribution in [2.45, 2.75) is 59.7 Å². The van der Waals surface area contributed by atoms with E-state index in [9.17, 15) is 51.6 Å². The molecule has 2 saturated heterocycles. The first-order valence-electron chi connectivity index (χ1n) is 12.6. The van der Waals surface area contributed by atoms with Gasteiger partial charge in [0.25, 0.3) is 0 Å². The van der Waals surface area contributed by atoms with Gasteiger partial charge in [0.2, 0.25) is 5.91 Å². The van der Waals surface area contributed by atoms with Crippen molar-refractivity contribution in [3.8, 4) is 11.3 Å². The highest BCUT2D eigenvalue weighted by Gasteiger charge is 2.52. The first-order chi connectivity index (χ1) is 19.6. The van der Waals surface area contributed by atoms with Gasteiger partial charge < -0.3 is 34.8 Å². The molecular formula is C24H28F6N4O7S. The number of aliphatic hydroxyl groups is 4. The number of halogens is 6. The molecule has 0 bridgehead atoms. The van der Waals surface area contributed by atoms with Crippen LogP contribution in [0.2, 0.25) is 0 Å². The Labute approximate surface area is 239 Å². The van der Waals surface area contributed by atoms with Crippen molar-refractivity contribution in [3.63, 3.8) is 0 Å². The molecule has 0 unspecified atom stereocenters. The number of nitrogens with zero attached hydrogens (tertiary/aromatic N) is 4. The van der Waals surface area contributed by atoms with Gasteiger partial charge in [0.1, 0.15) is 47.3 Å². The van der Waals surface area contributed by atoms with E-state index in [2.05, 4.69) is 10.3 Å². The lowest BCUT2D eigenvalue weighted by atomic mass is 9.89. The van der Waals surface area contributed by atoms with Gasteiger partial charge in [-0.1, -0.05) is 5.21 Å². The Bertz CT molecular complexity index is 1240. The predicted octanol–water partition coefficient (Wildman–Crippen LogP) is 1.01. The molecule has 234 valence electrons. The van der Waals surface area contributed by atoms with Gasteiger partial charge in [-0.05, 0) is 12.1 Å². The van der Waals surface area contributed by atoms with Gasteiger partial charge in [0.15, 0.2) is 17.5 Å². The van der Waals surface area contributed by atoms with E-state index in [0.29, 0.717) is 28.8 Å². The third-order valence-corrected chi connectivity index (χ3v) is 8.65. The maximum atomic E-state index is 13.8. The van der Waals surface area contributed by atoms with Gasteiger partial charge in [-0.25, -0.2) is 17.9 Å². The molecule has 2 aromatic rings. The van der Waals surface area contributed by atoms with Crippen molar-refractivity contribution in [2.75, 3.05) is 33.4 Å². The molecule has 18 heteroatoms. The molecule has 0 radical (unpaired) electrons. The summed E-state index contributed by atoms with van der Waals surface area (Å²) in [5.41, 5.74) is -3.77. The monoisotopic (exact) mass is 630 g/mol. The van der Waals surface area contributed by atoms with E-state index >= 15 is 0 Å². The molecule has 4 N–H and O–H groups in total. The Morgan fingerprint density at radius 3 is 2.38 bits per heavy atom. The first kappa shape index (κ1) is 32.4. The van der Waals surface area contributed by atoms with Gasteiger partial charge in [-0.3, -0.25) is 4.79 Å². The lowest BCUT2D eigenvalue weighted by Gasteiger charge is -2.45. The molecule has 4 rings (SSSR count). The zero-order chi connectivity index (χ0) is 31.0. The topological polar surface area (TPSA) is 150 Å². The summed E-state index contributed by atoms with van der Waals surface area (Å²) in [6, 6.07) is -0.153. The summed E-state index contributed by atoms with van der Waals surface area (Å²) >= 11 is 0.509. The minimum atomic E-state index is -4.74. The largest absolute Gasteiger partial charge is 0.406 e. The second kappa shape index (κ2) is 12.6. The fraction of sp³-hybridized carbons (Fsp3) is 0.625. The number of aliphatic hydroxyl groups excluding tert-OH is 3. The SMILES string of the molecule is CN(CC(F)(F)F)C(=O)[C@@H](S[C@@H]1O[C@H](CO)[C@H](O)[C@H](n2cc(-c3cc(F)c(F)c(F)c3)nn2)[C@H]1O)C1(O)CCOCC1. The van der Waals surface area contributed by atoms with Crippen LogP contribution in [-0.4, -0.2) is 120 Å². The number of rotatable bonds is 8. The third kappa shape index (κ3) is 6.84. The Kier molecular flexibility index (Phi) is 9.75. The normalized spacial score (nSPS) is 27.1. The number of benzene rings is 1. The van der Waals surface area contributed by atoms with Crippen molar-refractivity contribution in [1.82, 2.24) is 19.9 Å². The quantitative estimate of drug-likeness (QED) is 0.246. The van der Waals surface area contributed by atoms with Crippen molar-refractivity contribution in [2.24, 2.45) is 0 Å². The molecule has 1 aromatic carbocycles. The van der Waals surface area contributed by atoms with Crippen LogP contribution in [0.15, 0.2) is 18.3 Å². The van der Waals surface area contributed by atoms with Crippen molar-refractivity contribution >= 4 is 17.7 Å². The van der Waals surface area contributed by atoms with Crippen LogP contribution in [0.25, 0.3) is 11.3 Å². The second-order valence-corrected chi connectivity index (χ2v) is 11.3. The average Bonchev–Trinajstić information content (AvgIpc) is 3.40. The molecule has 0 aliphatic carbocycles. The minimum absolute atomic E-state index is 0.00478. The van der Waals surface area contributed by atoms with E-state index < -0.39 is 83.3 Å². The Morgan fingerprint density at radius 1 is 1.19 bits per heavy atom. The molecule has 2 aliphatic rings. The number of carbonyl (C=O) groups excluding carboxylic acids is 1. The molecule has 1 aromatic heterocycles. The van der Waals surface area contributed by atoms with Crippen LogP contribution in [0, 0.1) is 17.5 Å². The molecule has 42 heavy (non-hydrogen) atoms. The number of alkyl halides is 3. The van der Waals surface area contributed by atoms with Crippen LogP contribution in [-0.2, 0) is 14.3 Å². The molecule has 6 atom stereocenters. The molecule has 2 aliphatic heterocycles. The number of aromatic nitrogens is 3. The highest BCUT2D eigenvalue weighted by molar-refractivity contribution is 8.01. The molecule has 0 spiro atoms. The van der Waals surface area contributed by atoms with E-state index in [4.69, 9.17) is 9.47 Å². The minimum Gasteiger partial charge on any atom is -0.394 e. The number of hydrogen-bond acceptors (Lipinski definition) is 10. The second-order valence-electron chi connectivity index (χ2n) is 10.1. The lowest BCUT2D eigenvalue weighted by molar-refractivity contribution is -0.179. The lowest BCUT2D eigenvalue weighted by Crippen LogP contribution is -2.58. The first-order valence-corrected chi connectivity index (χ1v) is 13.6. The van der Waals surface area contributed by atoms with E-state index in [1.54, 1.807) is 0 Å². The fourth-order valence-electron chi connectivity index (χ4n) is 4.83. The molecular weight excluding hydrogens is 602 g/mol. The Balaban J connectivity index is 1.65. The molecule has 0 saturated carbocycles. The molecule has 11 nitrogen and oxygen atoms in total. The maximum absolute atomic E-state index is 13.8. The number of thioether (sulfide) groups is 1.